The molecule has 0 radical (unpaired) electrons. The minimum absolute atomic E-state index is 0.0741. The van der Waals surface area contributed by atoms with Crippen molar-refractivity contribution in [3.8, 4) is 0 Å². The van der Waals surface area contributed by atoms with Gasteiger partial charge in [-0.1, -0.05) is 24.3 Å². The average Bonchev–Trinajstić information content (AvgIpc) is 3.27. The largest absolute Gasteiger partial charge is 0.371 e. The molecular formula is C22H23N3O. The fourth-order valence-electron chi connectivity index (χ4n) is 3.68. The van der Waals surface area contributed by atoms with Crippen molar-refractivity contribution in [3.05, 3.63) is 65.2 Å². The van der Waals surface area contributed by atoms with Gasteiger partial charge in [-0.05, 0) is 68.2 Å². The monoisotopic (exact) mass is 345 g/mol. The van der Waals surface area contributed by atoms with Gasteiger partial charge in [0.05, 0.1) is 17.0 Å². The molecule has 2 aliphatic rings. The van der Waals surface area contributed by atoms with Gasteiger partial charge in [-0.2, -0.15) is 10.1 Å². The van der Waals surface area contributed by atoms with Crippen LogP contribution in [0.3, 0.4) is 0 Å². The molecule has 0 spiro atoms. The fraction of sp³-hybridized carbons (Fsp3) is 0.273. The van der Waals surface area contributed by atoms with E-state index in [1.54, 1.807) is 0 Å². The first-order chi connectivity index (χ1) is 12.6. The number of benzene rings is 2. The number of anilines is 2. The third-order valence-corrected chi connectivity index (χ3v) is 5.04. The lowest BCUT2D eigenvalue weighted by atomic mass is 10.0. The Morgan fingerprint density at radius 3 is 2.42 bits per heavy atom. The second kappa shape index (κ2) is 6.79. The molecule has 0 aliphatic carbocycles. The maximum Gasteiger partial charge on any atom is 0.280 e. The summed E-state index contributed by atoms with van der Waals surface area (Å²) >= 11 is 0. The molecule has 0 unspecified atom stereocenters. The van der Waals surface area contributed by atoms with E-state index in [-0.39, 0.29) is 5.91 Å². The van der Waals surface area contributed by atoms with Crippen LogP contribution in [0.4, 0.5) is 11.4 Å². The number of hydrogen-bond donors (Lipinski definition) is 0. The van der Waals surface area contributed by atoms with E-state index in [4.69, 9.17) is 0 Å². The van der Waals surface area contributed by atoms with E-state index in [2.05, 4.69) is 35.1 Å². The number of amides is 1. The number of carbonyl (C=O) groups is 1. The van der Waals surface area contributed by atoms with Gasteiger partial charge in [0.2, 0.25) is 0 Å². The topological polar surface area (TPSA) is 35.9 Å². The summed E-state index contributed by atoms with van der Waals surface area (Å²) in [6.45, 7) is 6.30. The van der Waals surface area contributed by atoms with Crippen molar-refractivity contribution in [2.24, 2.45) is 5.10 Å². The van der Waals surface area contributed by atoms with Crippen molar-refractivity contribution in [3.63, 3.8) is 0 Å². The second-order valence-electron chi connectivity index (χ2n) is 6.94. The van der Waals surface area contributed by atoms with E-state index in [0.29, 0.717) is 5.57 Å². The Kier molecular flexibility index (Phi) is 4.33. The van der Waals surface area contributed by atoms with Gasteiger partial charge in [0.15, 0.2) is 0 Å². The summed E-state index contributed by atoms with van der Waals surface area (Å²) in [6.07, 6.45) is 4.49. The molecule has 2 aliphatic heterocycles. The van der Waals surface area contributed by atoms with Crippen LogP contribution in [0, 0.1) is 6.92 Å². The molecule has 0 N–H and O–H groups in total. The van der Waals surface area contributed by atoms with Gasteiger partial charge >= 0.3 is 0 Å². The third-order valence-electron chi connectivity index (χ3n) is 5.04. The molecule has 0 aromatic heterocycles. The number of para-hydroxylation sites is 1. The summed E-state index contributed by atoms with van der Waals surface area (Å²) in [7, 11) is 0. The molecule has 0 atom stereocenters. The van der Waals surface area contributed by atoms with Crippen molar-refractivity contribution in [2.75, 3.05) is 23.0 Å². The Bertz CT molecular complexity index is 893. The van der Waals surface area contributed by atoms with Crippen molar-refractivity contribution in [1.29, 1.82) is 0 Å². The van der Waals surface area contributed by atoms with Crippen molar-refractivity contribution < 1.29 is 4.79 Å². The third kappa shape index (κ3) is 3.03. The van der Waals surface area contributed by atoms with Crippen LogP contribution in [-0.4, -0.2) is 24.7 Å². The first-order valence-corrected chi connectivity index (χ1v) is 9.16. The van der Waals surface area contributed by atoms with Crippen molar-refractivity contribution >= 4 is 29.1 Å². The second-order valence-corrected chi connectivity index (χ2v) is 6.94. The Morgan fingerprint density at radius 2 is 1.73 bits per heavy atom. The van der Waals surface area contributed by atoms with Crippen LogP contribution in [0.15, 0.2) is 59.2 Å². The van der Waals surface area contributed by atoms with Crippen LogP contribution in [0.1, 0.15) is 30.9 Å². The molecule has 4 heteroatoms. The fourth-order valence-corrected chi connectivity index (χ4v) is 3.68. The van der Waals surface area contributed by atoms with E-state index < -0.39 is 0 Å². The molecule has 1 amide bonds. The van der Waals surface area contributed by atoms with Crippen molar-refractivity contribution in [1.82, 2.24) is 0 Å². The molecule has 132 valence electrons. The SMILES string of the molecule is CC1=NN(c2ccccc2)C(=O)/C1=C/c1ccc(N2CCCC2)c(C)c1. The smallest absolute Gasteiger partial charge is 0.280 e. The summed E-state index contributed by atoms with van der Waals surface area (Å²) in [5.41, 5.74) is 5.79. The van der Waals surface area contributed by atoms with Gasteiger partial charge < -0.3 is 4.90 Å². The van der Waals surface area contributed by atoms with Gasteiger partial charge in [-0.15, -0.1) is 0 Å². The zero-order chi connectivity index (χ0) is 18.1. The number of hydrogen-bond acceptors (Lipinski definition) is 3. The molecule has 1 saturated heterocycles. The summed E-state index contributed by atoms with van der Waals surface area (Å²) in [5.74, 6) is -0.0741. The molecular weight excluding hydrogens is 322 g/mol. The summed E-state index contributed by atoms with van der Waals surface area (Å²) in [4.78, 5) is 15.3. The van der Waals surface area contributed by atoms with E-state index in [9.17, 15) is 4.79 Å². The predicted octanol–water partition coefficient (Wildman–Crippen LogP) is 4.40. The summed E-state index contributed by atoms with van der Waals surface area (Å²) in [6, 6.07) is 16.0. The van der Waals surface area contributed by atoms with Crippen LogP contribution in [0.2, 0.25) is 0 Å². The quantitative estimate of drug-likeness (QED) is 0.773. The molecule has 2 aromatic carbocycles. The Balaban J connectivity index is 1.61. The molecule has 0 saturated carbocycles. The highest BCUT2D eigenvalue weighted by Gasteiger charge is 2.28. The predicted molar refractivity (Wildman–Crippen MR) is 108 cm³/mol. The van der Waals surface area contributed by atoms with Crippen LogP contribution < -0.4 is 9.91 Å². The molecule has 0 bridgehead atoms. The zero-order valence-electron chi connectivity index (χ0n) is 15.3. The standard InChI is InChI=1S/C22H23N3O/c1-16-14-18(10-11-21(16)24-12-6-7-13-24)15-20-17(2)23-25(22(20)26)19-8-4-3-5-9-19/h3-5,8-11,14-15H,6-7,12-13H2,1-2H3/b20-15+. The minimum Gasteiger partial charge on any atom is -0.371 e. The molecule has 2 aromatic rings. The number of nitrogens with zero attached hydrogens (tertiary/aromatic N) is 3. The van der Waals surface area contributed by atoms with Gasteiger partial charge in [0, 0.05) is 18.8 Å². The lowest BCUT2D eigenvalue weighted by Crippen LogP contribution is -2.21. The lowest BCUT2D eigenvalue weighted by Gasteiger charge is -2.20. The van der Waals surface area contributed by atoms with Gasteiger partial charge in [0.1, 0.15) is 0 Å². The number of carbonyl (C=O) groups excluding carboxylic acids is 1. The highest BCUT2D eigenvalue weighted by atomic mass is 16.2. The lowest BCUT2D eigenvalue weighted by molar-refractivity contribution is -0.114. The highest BCUT2D eigenvalue weighted by Crippen LogP contribution is 2.28. The van der Waals surface area contributed by atoms with Crippen molar-refractivity contribution in [2.45, 2.75) is 26.7 Å². The summed E-state index contributed by atoms with van der Waals surface area (Å²) < 4.78 is 0. The molecule has 26 heavy (non-hydrogen) atoms. The Labute approximate surface area is 154 Å². The maximum atomic E-state index is 12.8. The van der Waals surface area contributed by atoms with E-state index in [1.165, 1.54) is 29.1 Å². The van der Waals surface area contributed by atoms with Crippen LogP contribution in [-0.2, 0) is 4.79 Å². The molecule has 1 fully saturated rings. The molecule has 2 heterocycles. The Morgan fingerprint density at radius 1 is 1.00 bits per heavy atom. The molecule has 4 rings (SSSR count). The van der Waals surface area contributed by atoms with Crippen LogP contribution in [0.5, 0.6) is 0 Å². The maximum absolute atomic E-state index is 12.8. The molecule has 4 nitrogen and oxygen atoms in total. The number of hydrazone groups is 1. The van der Waals surface area contributed by atoms with Crippen LogP contribution >= 0.6 is 0 Å². The minimum atomic E-state index is -0.0741. The van der Waals surface area contributed by atoms with E-state index >= 15 is 0 Å². The first-order valence-electron chi connectivity index (χ1n) is 9.16. The summed E-state index contributed by atoms with van der Waals surface area (Å²) in [5, 5.41) is 5.92. The van der Waals surface area contributed by atoms with Gasteiger partial charge in [0.25, 0.3) is 5.91 Å². The Hall–Kier alpha value is -2.88. The first kappa shape index (κ1) is 16.6. The average molecular weight is 345 g/mol. The number of aryl methyl sites for hydroxylation is 1. The van der Waals surface area contributed by atoms with Gasteiger partial charge in [-0.3, -0.25) is 4.79 Å². The highest BCUT2D eigenvalue weighted by molar-refractivity contribution is 6.32. The zero-order valence-corrected chi connectivity index (χ0v) is 15.3. The van der Waals surface area contributed by atoms with Crippen LogP contribution in [0.25, 0.3) is 6.08 Å². The van der Waals surface area contributed by atoms with E-state index in [1.807, 2.05) is 43.3 Å². The van der Waals surface area contributed by atoms with Gasteiger partial charge in [-0.25, -0.2) is 0 Å². The van der Waals surface area contributed by atoms with E-state index in [0.717, 1.165) is 30.1 Å². The number of rotatable bonds is 3. The normalized spacial score (nSPS) is 18.8.